The molecule has 0 aliphatic heterocycles. The molecular weight excluding hydrogens is 218 g/mol. The highest BCUT2D eigenvalue weighted by atomic mass is 32.2. The maximum Gasteiger partial charge on any atom is 0.284 e. The molecule has 0 spiro atoms. The zero-order chi connectivity index (χ0) is 11.4. The van der Waals surface area contributed by atoms with Crippen LogP contribution in [0.25, 0.3) is 0 Å². The molecule has 1 amide bonds. The minimum absolute atomic E-state index is 0.0814. The third-order valence-electron chi connectivity index (χ3n) is 2.94. The number of hydrogen-bond donors (Lipinski definition) is 1. The van der Waals surface area contributed by atoms with Gasteiger partial charge in [-0.15, -0.1) is 0 Å². The lowest BCUT2D eigenvalue weighted by molar-refractivity contribution is 0.249. The van der Waals surface area contributed by atoms with E-state index in [1.165, 1.54) is 23.7 Å². The van der Waals surface area contributed by atoms with Gasteiger partial charge in [0.1, 0.15) is 0 Å². The second-order valence-electron chi connectivity index (χ2n) is 4.16. The van der Waals surface area contributed by atoms with Crippen LogP contribution in [-0.2, 0) is 6.42 Å². The Morgan fingerprint density at radius 3 is 2.94 bits per heavy atom. The number of rotatable bonds is 3. The number of carbonyl (C=O) groups is 1. The molecule has 1 aliphatic rings. The van der Waals surface area contributed by atoms with Gasteiger partial charge in [-0.1, -0.05) is 19.1 Å². The van der Waals surface area contributed by atoms with Crippen molar-refractivity contribution in [3.8, 4) is 0 Å². The smallest absolute Gasteiger partial charge is 0.284 e. The quantitative estimate of drug-likeness (QED) is 0.811. The molecule has 86 valence electrons. The van der Waals surface area contributed by atoms with Crippen molar-refractivity contribution in [3.63, 3.8) is 0 Å². The average Bonchev–Trinajstić information content (AvgIpc) is 2.24. The summed E-state index contributed by atoms with van der Waals surface area (Å²) in [7, 11) is 0. The number of aryl methyl sites for hydroxylation is 1. The normalized spacial score (nSPS) is 15.6. The van der Waals surface area contributed by atoms with Crippen molar-refractivity contribution in [1.29, 1.82) is 0 Å². The first kappa shape index (κ1) is 11.5. The highest BCUT2D eigenvalue weighted by Crippen LogP contribution is 2.23. The zero-order valence-electron chi connectivity index (χ0n) is 9.53. The van der Waals surface area contributed by atoms with Crippen LogP contribution >= 0.6 is 11.8 Å². The van der Waals surface area contributed by atoms with Gasteiger partial charge >= 0.3 is 0 Å². The Balaban J connectivity index is 1.89. The highest BCUT2D eigenvalue weighted by molar-refractivity contribution is 8.13. The van der Waals surface area contributed by atoms with E-state index in [0.717, 1.165) is 24.2 Å². The third kappa shape index (κ3) is 3.01. The summed E-state index contributed by atoms with van der Waals surface area (Å²) in [6.45, 7) is 2.12. The number of amides is 1. The van der Waals surface area contributed by atoms with Gasteiger partial charge in [-0.3, -0.25) is 4.79 Å². The van der Waals surface area contributed by atoms with E-state index in [0.29, 0.717) is 6.04 Å². The number of nitrogens with one attached hydrogen (secondary N) is 1. The lowest BCUT2D eigenvalue weighted by Gasteiger charge is -2.25. The number of benzene rings is 1. The number of carbonyl (C=O) groups excluding carboxylic acids is 1. The van der Waals surface area contributed by atoms with Gasteiger partial charge < -0.3 is 5.32 Å². The molecule has 0 unspecified atom stereocenters. The van der Waals surface area contributed by atoms with Gasteiger partial charge in [-0.05, 0) is 55.1 Å². The first-order chi connectivity index (χ1) is 7.78. The molecule has 1 fully saturated rings. The van der Waals surface area contributed by atoms with E-state index in [-0.39, 0.29) is 5.24 Å². The molecule has 0 heterocycles. The van der Waals surface area contributed by atoms with Crippen molar-refractivity contribution in [1.82, 2.24) is 5.32 Å². The van der Waals surface area contributed by atoms with Crippen molar-refractivity contribution in [2.75, 3.05) is 0 Å². The minimum atomic E-state index is 0.0814. The lowest BCUT2D eigenvalue weighted by Crippen LogP contribution is -2.37. The van der Waals surface area contributed by atoms with Crippen LogP contribution in [0.1, 0.15) is 31.7 Å². The third-order valence-corrected chi connectivity index (χ3v) is 3.74. The van der Waals surface area contributed by atoms with Crippen LogP contribution in [0.4, 0.5) is 4.79 Å². The molecule has 3 heteroatoms. The molecule has 1 saturated carbocycles. The molecule has 0 saturated heterocycles. The Bertz CT molecular complexity index is 374. The van der Waals surface area contributed by atoms with Gasteiger partial charge in [0.25, 0.3) is 5.24 Å². The minimum Gasteiger partial charge on any atom is -0.344 e. The predicted octanol–water partition coefficient (Wildman–Crippen LogP) is 3.60. The summed E-state index contributed by atoms with van der Waals surface area (Å²) in [5.74, 6) is 0. The van der Waals surface area contributed by atoms with Gasteiger partial charge in [-0.25, -0.2) is 0 Å². The highest BCUT2D eigenvalue weighted by Gasteiger charge is 2.19. The monoisotopic (exact) mass is 235 g/mol. The molecule has 1 aliphatic carbocycles. The molecule has 0 bridgehead atoms. The maximum absolute atomic E-state index is 11.7. The number of thioether (sulfide) groups is 1. The summed E-state index contributed by atoms with van der Waals surface area (Å²) in [4.78, 5) is 12.7. The van der Waals surface area contributed by atoms with Crippen molar-refractivity contribution in [3.05, 3.63) is 29.8 Å². The Labute approximate surface area is 101 Å². The average molecular weight is 235 g/mol. The van der Waals surface area contributed by atoms with Gasteiger partial charge in [0.15, 0.2) is 0 Å². The second-order valence-corrected chi connectivity index (χ2v) is 5.21. The zero-order valence-corrected chi connectivity index (χ0v) is 10.3. The first-order valence-electron chi connectivity index (χ1n) is 5.85. The molecule has 1 aromatic rings. The van der Waals surface area contributed by atoms with Crippen molar-refractivity contribution >= 4 is 17.0 Å². The first-order valence-corrected chi connectivity index (χ1v) is 6.67. The van der Waals surface area contributed by atoms with E-state index < -0.39 is 0 Å². The Morgan fingerprint density at radius 2 is 2.31 bits per heavy atom. The van der Waals surface area contributed by atoms with Gasteiger partial charge in [0.05, 0.1) is 0 Å². The molecule has 1 aromatic carbocycles. The number of hydrogen-bond acceptors (Lipinski definition) is 2. The van der Waals surface area contributed by atoms with E-state index in [9.17, 15) is 4.79 Å². The topological polar surface area (TPSA) is 29.1 Å². The summed E-state index contributed by atoms with van der Waals surface area (Å²) in [5, 5.41) is 3.11. The van der Waals surface area contributed by atoms with E-state index in [1.807, 2.05) is 12.1 Å². The van der Waals surface area contributed by atoms with Crippen LogP contribution < -0.4 is 5.32 Å². The van der Waals surface area contributed by atoms with Crippen LogP contribution in [0.15, 0.2) is 29.2 Å². The lowest BCUT2D eigenvalue weighted by atomic mass is 9.94. The predicted molar refractivity (Wildman–Crippen MR) is 67.8 cm³/mol. The largest absolute Gasteiger partial charge is 0.344 e. The van der Waals surface area contributed by atoms with Gasteiger partial charge in [-0.2, -0.15) is 0 Å². The fourth-order valence-corrected chi connectivity index (χ4v) is 2.48. The van der Waals surface area contributed by atoms with Crippen LogP contribution in [0.5, 0.6) is 0 Å². The van der Waals surface area contributed by atoms with Crippen LogP contribution in [-0.4, -0.2) is 11.3 Å². The summed E-state index contributed by atoms with van der Waals surface area (Å²) in [5.41, 5.74) is 1.28. The van der Waals surface area contributed by atoms with Crippen molar-refractivity contribution < 1.29 is 4.79 Å². The summed E-state index contributed by atoms with van der Waals surface area (Å²) >= 11 is 1.30. The van der Waals surface area contributed by atoms with Crippen molar-refractivity contribution in [2.24, 2.45) is 0 Å². The summed E-state index contributed by atoms with van der Waals surface area (Å²) < 4.78 is 0. The van der Waals surface area contributed by atoms with Crippen LogP contribution in [0, 0.1) is 0 Å². The van der Waals surface area contributed by atoms with Crippen molar-refractivity contribution in [2.45, 2.75) is 43.5 Å². The Hall–Kier alpha value is -0.960. The molecule has 2 nitrogen and oxygen atoms in total. The Morgan fingerprint density at radius 1 is 1.50 bits per heavy atom. The second kappa shape index (κ2) is 5.39. The molecule has 16 heavy (non-hydrogen) atoms. The van der Waals surface area contributed by atoms with E-state index in [4.69, 9.17) is 0 Å². The molecule has 2 rings (SSSR count). The van der Waals surface area contributed by atoms with E-state index >= 15 is 0 Å². The molecule has 0 aromatic heterocycles. The maximum atomic E-state index is 11.7. The molecule has 0 radical (unpaired) electrons. The van der Waals surface area contributed by atoms with E-state index in [2.05, 4.69) is 24.4 Å². The summed E-state index contributed by atoms with van der Waals surface area (Å²) in [6.07, 6.45) is 4.54. The van der Waals surface area contributed by atoms with Gasteiger partial charge in [0, 0.05) is 10.9 Å². The molecule has 0 atom stereocenters. The fraction of sp³-hybridized carbons (Fsp3) is 0.462. The van der Waals surface area contributed by atoms with E-state index in [1.54, 1.807) is 0 Å². The van der Waals surface area contributed by atoms with Crippen LogP contribution in [0.2, 0.25) is 0 Å². The van der Waals surface area contributed by atoms with Gasteiger partial charge in [0.2, 0.25) is 0 Å². The fourth-order valence-electron chi connectivity index (χ4n) is 1.68. The summed E-state index contributed by atoms with van der Waals surface area (Å²) in [6, 6.07) is 8.61. The standard InChI is InChI=1S/C13H17NOS/c1-2-10-5-3-8-12(9-10)16-13(15)14-11-6-4-7-11/h3,5,8-9,11H,2,4,6-7H2,1H3,(H,14,15). The Kier molecular flexibility index (Phi) is 3.88. The molecular formula is C13H17NOS. The van der Waals surface area contributed by atoms with Crippen LogP contribution in [0.3, 0.4) is 0 Å². The molecule has 1 N–H and O–H groups in total. The SMILES string of the molecule is CCc1cccc(SC(=O)NC2CCC2)c1.